The number of likely N-dealkylation sites (tertiary alicyclic amines) is 1. The Morgan fingerprint density at radius 1 is 1.38 bits per heavy atom. The number of carbonyl (C=O) groups is 2. The Bertz CT molecular complexity index is 686. The van der Waals surface area contributed by atoms with Crippen molar-refractivity contribution < 1.29 is 18.7 Å². The molecule has 1 N–H and O–H groups in total. The highest BCUT2D eigenvalue weighted by molar-refractivity contribution is 5.96. The maximum absolute atomic E-state index is 14.4. The van der Waals surface area contributed by atoms with E-state index in [0.29, 0.717) is 24.2 Å². The number of aryl methyl sites for hydroxylation is 1. The molecule has 1 aromatic rings. The topological polar surface area (TPSA) is 58.6 Å². The average molecular weight is 362 g/mol. The summed E-state index contributed by atoms with van der Waals surface area (Å²) >= 11 is 0. The van der Waals surface area contributed by atoms with E-state index < -0.39 is 17.5 Å². The van der Waals surface area contributed by atoms with Crippen molar-refractivity contribution in [2.45, 2.75) is 52.2 Å². The third-order valence-electron chi connectivity index (χ3n) is 4.19. The fourth-order valence-electron chi connectivity index (χ4n) is 3.07. The zero-order valence-electron chi connectivity index (χ0n) is 15.9. The average Bonchev–Trinajstić information content (AvgIpc) is 2.52. The van der Waals surface area contributed by atoms with Crippen LogP contribution in [0.1, 0.15) is 55.1 Å². The molecule has 1 fully saturated rings. The van der Waals surface area contributed by atoms with Crippen molar-refractivity contribution in [3.05, 3.63) is 41.2 Å². The molecule has 1 aliphatic rings. The normalized spacial score (nSPS) is 17.6. The van der Waals surface area contributed by atoms with Gasteiger partial charge in [-0.25, -0.2) is 9.18 Å². The van der Waals surface area contributed by atoms with Crippen LogP contribution in [0.4, 0.5) is 9.18 Å². The molecule has 0 spiro atoms. The first kappa shape index (κ1) is 19.9. The lowest BCUT2D eigenvalue weighted by Gasteiger charge is -2.34. The predicted molar refractivity (Wildman–Crippen MR) is 99.5 cm³/mol. The van der Waals surface area contributed by atoms with Crippen molar-refractivity contribution in [1.82, 2.24) is 10.2 Å². The number of alkyl carbamates (subject to hydrolysis) is 1. The van der Waals surface area contributed by atoms with Gasteiger partial charge < -0.3 is 15.0 Å². The van der Waals surface area contributed by atoms with Crippen LogP contribution in [-0.2, 0) is 4.74 Å². The van der Waals surface area contributed by atoms with Crippen LogP contribution in [0.25, 0.3) is 6.08 Å². The SMILES string of the molecule is C=Cc1cc(C)c(C(=O)N2CCCC(NC(=O)OC(C)(C)C)C2)c(F)c1. The minimum atomic E-state index is -0.582. The molecule has 2 amide bonds. The number of carbonyl (C=O) groups excluding carboxylic acids is 2. The largest absolute Gasteiger partial charge is 0.444 e. The molecule has 142 valence electrons. The molecule has 1 heterocycles. The van der Waals surface area contributed by atoms with E-state index in [1.807, 2.05) is 0 Å². The maximum Gasteiger partial charge on any atom is 0.407 e. The number of piperidine rings is 1. The number of nitrogens with zero attached hydrogens (tertiary/aromatic N) is 1. The maximum atomic E-state index is 14.4. The van der Waals surface area contributed by atoms with Gasteiger partial charge in [-0.1, -0.05) is 18.7 Å². The zero-order chi connectivity index (χ0) is 19.5. The van der Waals surface area contributed by atoms with Crippen molar-refractivity contribution >= 4 is 18.1 Å². The first-order valence-electron chi connectivity index (χ1n) is 8.82. The zero-order valence-corrected chi connectivity index (χ0v) is 15.9. The number of amides is 2. The fourth-order valence-corrected chi connectivity index (χ4v) is 3.07. The van der Waals surface area contributed by atoms with E-state index in [0.717, 1.165) is 12.8 Å². The minimum Gasteiger partial charge on any atom is -0.444 e. The number of nitrogens with one attached hydrogen (secondary N) is 1. The summed E-state index contributed by atoms with van der Waals surface area (Å²) in [5.41, 5.74) is 0.710. The van der Waals surface area contributed by atoms with Crippen LogP contribution in [0.3, 0.4) is 0 Å². The lowest BCUT2D eigenvalue weighted by Crippen LogP contribution is -2.50. The van der Waals surface area contributed by atoms with Crippen LogP contribution in [0.5, 0.6) is 0 Å². The van der Waals surface area contributed by atoms with E-state index in [9.17, 15) is 14.0 Å². The number of halogens is 1. The van der Waals surface area contributed by atoms with Gasteiger partial charge in [0.15, 0.2) is 0 Å². The molecule has 5 nitrogen and oxygen atoms in total. The molecule has 1 atom stereocenters. The summed E-state index contributed by atoms with van der Waals surface area (Å²) in [6.07, 6.45) is 2.53. The van der Waals surface area contributed by atoms with Gasteiger partial charge >= 0.3 is 6.09 Å². The van der Waals surface area contributed by atoms with E-state index in [-0.39, 0.29) is 17.5 Å². The predicted octanol–water partition coefficient (Wildman–Crippen LogP) is 3.91. The van der Waals surface area contributed by atoms with Gasteiger partial charge in [-0.15, -0.1) is 0 Å². The summed E-state index contributed by atoms with van der Waals surface area (Å²) < 4.78 is 19.7. The molecule has 2 rings (SSSR count). The first-order chi connectivity index (χ1) is 12.1. The Kier molecular flexibility index (Phi) is 6.05. The first-order valence-corrected chi connectivity index (χ1v) is 8.82. The number of benzene rings is 1. The lowest BCUT2D eigenvalue weighted by atomic mass is 10.0. The van der Waals surface area contributed by atoms with Crippen LogP contribution in [-0.4, -0.2) is 41.6 Å². The number of ether oxygens (including phenoxy) is 1. The summed E-state index contributed by atoms with van der Waals surface area (Å²) in [6.45, 7) is 11.6. The van der Waals surface area contributed by atoms with Crippen LogP contribution >= 0.6 is 0 Å². The monoisotopic (exact) mass is 362 g/mol. The van der Waals surface area contributed by atoms with Gasteiger partial charge in [-0.2, -0.15) is 0 Å². The van der Waals surface area contributed by atoms with Crippen LogP contribution in [0.2, 0.25) is 0 Å². The summed E-state index contributed by atoms with van der Waals surface area (Å²) in [4.78, 5) is 26.4. The van der Waals surface area contributed by atoms with E-state index in [2.05, 4.69) is 11.9 Å². The second-order valence-electron chi connectivity index (χ2n) is 7.64. The molecule has 0 aromatic heterocycles. The van der Waals surface area contributed by atoms with E-state index in [1.165, 1.54) is 6.07 Å². The van der Waals surface area contributed by atoms with Gasteiger partial charge in [-0.05, 0) is 57.7 Å². The van der Waals surface area contributed by atoms with Crippen molar-refractivity contribution in [3.8, 4) is 0 Å². The Hall–Kier alpha value is -2.37. The quantitative estimate of drug-likeness (QED) is 0.887. The Balaban J connectivity index is 2.08. The highest BCUT2D eigenvalue weighted by atomic mass is 19.1. The molecule has 1 aliphatic heterocycles. The van der Waals surface area contributed by atoms with Gasteiger partial charge in [0.05, 0.1) is 5.56 Å². The van der Waals surface area contributed by atoms with E-state index >= 15 is 0 Å². The van der Waals surface area contributed by atoms with Crippen molar-refractivity contribution in [2.75, 3.05) is 13.1 Å². The molecule has 0 radical (unpaired) electrons. The van der Waals surface area contributed by atoms with Gasteiger partial charge in [-0.3, -0.25) is 4.79 Å². The second kappa shape index (κ2) is 7.89. The summed E-state index contributed by atoms with van der Waals surface area (Å²) in [5, 5.41) is 2.80. The van der Waals surface area contributed by atoms with E-state index in [4.69, 9.17) is 4.74 Å². The number of hydrogen-bond acceptors (Lipinski definition) is 3. The molecule has 0 aliphatic carbocycles. The molecule has 1 aromatic carbocycles. The van der Waals surface area contributed by atoms with Gasteiger partial charge in [0.2, 0.25) is 0 Å². The summed E-state index contributed by atoms with van der Waals surface area (Å²) in [6, 6.07) is 2.84. The van der Waals surface area contributed by atoms with Gasteiger partial charge in [0, 0.05) is 19.1 Å². The molecular weight excluding hydrogens is 335 g/mol. The van der Waals surface area contributed by atoms with Crippen molar-refractivity contribution in [2.24, 2.45) is 0 Å². The van der Waals surface area contributed by atoms with Gasteiger partial charge in [0.1, 0.15) is 11.4 Å². The molecule has 1 saturated heterocycles. The van der Waals surface area contributed by atoms with Crippen LogP contribution in [0.15, 0.2) is 18.7 Å². The van der Waals surface area contributed by atoms with Crippen LogP contribution in [0, 0.1) is 12.7 Å². The third-order valence-corrected chi connectivity index (χ3v) is 4.19. The highest BCUT2D eigenvalue weighted by Gasteiger charge is 2.29. The molecule has 26 heavy (non-hydrogen) atoms. The third kappa shape index (κ3) is 5.07. The van der Waals surface area contributed by atoms with E-state index in [1.54, 1.807) is 44.7 Å². The molecular formula is C20H27FN2O3. The number of hydrogen-bond donors (Lipinski definition) is 1. The Morgan fingerprint density at radius 3 is 2.65 bits per heavy atom. The lowest BCUT2D eigenvalue weighted by molar-refractivity contribution is 0.0451. The summed E-state index contributed by atoms with van der Waals surface area (Å²) in [7, 11) is 0. The summed E-state index contributed by atoms with van der Waals surface area (Å²) in [5.74, 6) is -0.904. The van der Waals surface area contributed by atoms with Crippen molar-refractivity contribution in [1.29, 1.82) is 0 Å². The Morgan fingerprint density at radius 2 is 2.08 bits per heavy atom. The Labute approximate surface area is 154 Å². The van der Waals surface area contributed by atoms with Crippen LogP contribution < -0.4 is 5.32 Å². The number of rotatable bonds is 3. The molecule has 0 saturated carbocycles. The fraction of sp³-hybridized carbons (Fsp3) is 0.500. The van der Waals surface area contributed by atoms with Gasteiger partial charge in [0.25, 0.3) is 5.91 Å². The second-order valence-corrected chi connectivity index (χ2v) is 7.64. The molecule has 1 unspecified atom stereocenters. The minimum absolute atomic E-state index is 0.0773. The van der Waals surface area contributed by atoms with Crippen molar-refractivity contribution in [3.63, 3.8) is 0 Å². The highest BCUT2D eigenvalue weighted by Crippen LogP contribution is 2.21. The molecule has 6 heteroatoms. The molecule has 0 bridgehead atoms. The standard InChI is InChI=1S/C20H27FN2O3/c1-6-14-10-13(2)17(16(21)11-14)18(24)23-9-7-8-15(12-23)22-19(25)26-20(3,4)5/h6,10-11,15H,1,7-9,12H2,2-5H3,(H,22,25). The smallest absolute Gasteiger partial charge is 0.407 e.